The number of imidazole rings is 1. The maximum Gasteiger partial charge on any atom is 0.270 e. The van der Waals surface area contributed by atoms with Crippen LogP contribution in [-0.2, 0) is 0 Å². The number of benzene rings is 1. The Morgan fingerprint density at radius 1 is 1.03 bits per heavy atom. The fourth-order valence-corrected chi connectivity index (χ4v) is 4.91. The average molecular weight is 443 g/mol. The van der Waals surface area contributed by atoms with E-state index < -0.39 is 0 Å². The van der Waals surface area contributed by atoms with E-state index >= 15 is 0 Å². The molecule has 1 aliphatic rings. The van der Waals surface area contributed by atoms with E-state index in [1.165, 1.54) is 6.42 Å². The molecular weight excluding hydrogens is 412 g/mol. The molecule has 0 radical (unpaired) electrons. The Hall–Kier alpha value is -3.41. The van der Waals surface area contributed by atoms with Crippen molar-refractivity contribution in [2.24, 2.45) is 5.92 Å². The summed E-state index contributed by atoms with van der Waals surface area (Å²) in [7, 11) is 0. The van der Waals surface area contributed by atoms with Crippen LogP contribution in [0.1, 0.15) is 65.8 Å². The molecule has 0 unspecified atom stereocenters. The van der Waals surface area contributed by atoms with E-state index in [1.807, 2.05) is 64.2 Å². The normalized spacial score (nSPS) is 14.8. The zero-order valence-electron chi connectivity index (χ0n) is 18.9. The lowest BCUT2D eigenvalue weighted by Gasteiger charge is -2.31. The Kier molecular flexibility index (Phi) is 6.24. The van der Waals surface area contributed by atoms with Gasteiger partial charge in [0.15, 0.2) is 5.78 Å². The molecule has 4 heterocycles. The number of aromatic nitrogens is 3. The van der Waals surface area contributed by atoms with Gasteiger partial charge in [-0.3, -0.25) is 9.59 Å². The highest BCUT2D eigenvalue weighted by molar-refractivity contribution is 5.98. The third kappa shape index (κ3) is 4.85. The predicted octanol–water partition coefficient (Wildman–Crippen LogP) is 5.50. The summed E-state index contributed by atoms with van der Waals surface area (Å²) in [6, 6.07) is 13.7. The van der Waals surface area contributed by atoms with E-state index in [4.69, 9.17) is 0 Å². The van der Waals surface area contributed by atoms with E-state index in [9.17, 15) is 9.59 Å². The highest BCUT2D eigenvalue weighted by Gasteiger charge is 2.24. The van der Waals surface area contributed by atoms with Gasteiger partial charge in [-0.2, -0.15) is 0 Å². The molecule has 1 N–H and O–H groups in total. The van der Waals surface area contributed by atoms with E-state index in [-0.39, 0.29) is 11.7 Å². The summed E-state index contributed by atoms with van der Waals surface area (Å²) in [5.74, 6) is 0.988. The topological polar surface area (TPSA) is 70.5 Å². The number of para-hydroxylation sites is 1. The first-order chi connectivity index (χ1) is 16.2. The molecule has 1 aliphatic heterocycles. The Balaban J connectivity index is 1.01. The zero-order chi connectivity index (χ0) is 22.6. The molecule has 1 fully saturated rings. The van der Waals surface area contributed by atoms with Crippen LogP contribution < -0.4 is 0 Å². The smallest absolute Gasteiger partial charge is 0.270 e. The van der Waals surface area contributed by atoms with E-state index in [1.54, 1.807) is 6.20 Å². The number of hydrogen-bond acceptors (Lipinski definition) is 3. The molecule has 3 aromatic heterocycles. The summed E-state index contributed by atoms with van der Waals surface area (Å²) in [4.78, 5) is 34.8. The minimum atomic E-state index is 0.108. The lowest BCUT2D eigenvalue weighted by molar-refractivity contribution is 0.0680. The van der Waals surface area contributed by atoms with Crippen LogP contribution in [0.2, 0.25) is 0 Å². The largest absolute Gasteiger partial charge is 0.351 e. The molecule has 6 nitrogen and oxygen atoms in total. The van der Waals surface area contributed by atoms with Gasteiger partial charge < -0.3 is 14.3 Å². The number of amides is 1. The highest BCUT2D eigenvalue weighted by atomic mass is 16.2. The number of carbonyl (C=O) groups excluding carboxylic acids is 2. The first kappa shape index (κ1) is 21.4. The number of nitrogens with zero attached hydrogens (tertiary/aromatic N) is 3. The molecule has 1 amide bonds. The summed E-state index contributed by atoms with van der Waals surface area (Å²) in [5.41, 5.74) is 3.32. The molecule has 0 atom stereocenters. The fourth-order valence-electron chi connectivity index (χ4n) is 4.91. The second-order valence-corrected chi connectivity index (χ2v) is 9.14. The number of ketones is 1. The molecule has 0 aliphatic carbocycles. The number of likely N-dealkylation sites (tertiary alicyclic amines) is 1. The Morgan fingerprint density at radius 3 is 2.73 bits per heavy atom. The summed E-state index contributed by atoms with van der Waals surface area (Å²) >= 11 is 0. The van der Waals surface area contributed by atoms with Crippen molar-refractivity contribution in [3.8, 4) is 0 Å². The van der Waals surface area contributed by atoms with Crippen LogP contribution in [0.25, 0.3) is 16.6 Å². The molecule has 4 aromatic rings. The number of rotatable bonds is 8. The van der Waals surface area contributed by atoms with Crippen LogP contribution in [0.4, 0.5) is 0 Å². The van der Waals surface area contributed by atoms with Crippen molar-refractivity contribution in [3.63, 3.8) is 0 Å². The zero-order valence-corrected chi connectivity index (χ0v) is 18.9. The van der Waals surface area contributed by atoms with Gasteiger partial charge >= 0.3 is 0 Å². The monoisotopic (exact) mass is 442 g/mol. The number of Topliss-reactive ketones (excluding diaryl/α,β-unsaturated/α-hetero) is 1. The Bertz CT molecular complexity index is 1230. The number of unbranched alkanes of at least 4 members (excludes halogenated alkanes) is 2. The van der Waals surface area contributed by atoms with Crippen LogP contribution >= 0.6 is 0 Å². The van der Waals surface area contributed by atoms with Gasteiger partial charge in [-0.05, 0) is 49.4 Å². The number of nitrogens with one attached hydrogen (secondary N) is 1. The number of aromatic amines is 1. The third-order valence-corrected chi connectivity index (χ3v) is 6.89. The number of hydrogen-bond donors (Lipinski definition) is 1. The second-order valence-electron chi connectivity index (χ2n) is 9.14. The molecule has 0 bridgehead atoms. The minimum Gasteiger partial charge on any atom is -0.351 e. The molecule has 170 valence electrons. The van der Waals surface area contributed by atoms with Gasteiger partial charge in [-0.15, -0.1) is 0 Å². The first-order valence-corrected chi connectivity index (χ1v) is 12.0. The molecular formula is C27H30N4O2. The molecule has 0 saturated carbocycles. The standard InChI is InChI=1S/C27H30N4O2/c32-25(22-10-11-26-28-14-17-31(26)19-22)9-3-1-2-6-20-12-15-30(16-13-20)27(33)24-18-21-7-4-5-8-23(21)29-24/h4-5,7-8,10-11,14,17-20,29H,1-3,6,9,12-13,15-16H2. The summed E-state index contributed by atoms with van der Waals surface area (Å²) in [6.45, 7) is 1.65. The van der Waals surface area contributed by atoms with Gasteiger partial charge in [-0.1, -0.05) is 37.5 Å². The second kappa shape index (κ2) is 9.61. The Labute approximate surface area is 193 Å². The minimum absolute atomic E-state index is 0.108. The van der Waals surface area contributed by atoms with Crippen molar-refractivity contribution in [2.75, 3.05) is 13.1 Å². The molecule has 1 aromatic carbocycles. The van der Waals surface area contributed by atoms with Gasteiger partial charge in [0.1, 0.15) is 11.3 Å². The number of H-pyrrole nitrogens is 1. The van der Waals surface area contributed by atoms with E-state index in [0.717, 1.165) is 67.3 Å². The fraction of sp³-hybridized carbons (Fsp3) is 0.370. The first-order valence-electron chi connectivity index (χ1n) is 12.0. The highest BCUT2D eigenvalue weighted by Crippen LogP contribution is 2.25. The average Bonchev–Trinajstić information content (AvgIpc) is 3.50. The van der Waals surface area contributed by atoms with E-state index in [2.05, 4.69) is 9.97 Å². The molecule has 6 heteroatoms. The lowest BCUT2D eigenvalue weighted by Crippen LogP contribution is -2.38. The van der Waals surface area contributed by atoms with Crippen LogP contribution in [0, 0.1) is 5.92 Å². The van der Waals surface area contributed by atoms with Crippen molar-refractivity contribution in [2.45, 2.75) is 44.9 Å². The summed E-state index contributed by atoms with van der Waals surface area (Å²) in [5, 5.41) is 1.08. The van der Waals surface area contributed by atoms with Crippen molar-refractivity contribution >= 4 is 28.2 Å². The SMILES string of the molecule is O=C(CCCCCC1CCN(C(=O)c2cc3ccccc3[nH]2)CC1)c1ccc2nccn2c1. The molecule has 33 heavy (non-hydrogen) atoms. The van der Waals surface area contributed by atoms with Gasteiger partial charge in [0.05, 0.1) is 0 Å². The van der Waals surface area contributed by atoms with Gasteiger partial charge in [0.2, 0.25) is 0 Å². The number of carbonyl (C=O) groups is 2. The number of pyridine rings is 1. The summed E-state index contributed by atoms with van der Waals surface area (Å²) < 4.78 is 1.89. The maximum absolute atomic E-state index is 12.9. The summed E-state index contributed by atoms with van der Waals surface area (Å²) in [6.07, 6.45) is 12.5. The molecule has 1 saturated heterocycles. The number of piperidine rings is 1. The van der Waals surface area contributed by atoms with Gasteiger partial charge in [0.25, 0.3) is 5.91 Å². The van der Waals surface area contributed by atoms with Crippen molar-refractivity contribution in [3.05, 3.63) is 72.3 Å². The van der Waals surface area contributed by atoms with Crippen molar-refractivity contribution < 1.29 is 9.59 Å². The van der Waals surface area contributed by atoms with E-state index in [0.29, 0.717) is 18.0 Å². The van der Waals surface area contributed by atoms with Crippen LogP contribution in [0.3, 0.4) is 0 Å². The third-order valence-electron chi connectivity index (χ3n) is 6.89. The lowest BCUT2D eigenvalue weighted by atomic mass is 9.91. The quantitative estimate of drug-likeness (QED) is 0.289. The van der Waals surface area contributed by atoms with Crippen molar-refractivity contribution in [1.29, 1.82) is 0 Å². The van der Waals surface area contributed by atoms with Crippen LogP contribution in [-0.4, -0.2) is 44.0 Å². The van der Waals surface area contributed by atoms with Crippen LogP contribution in [0.15, 0.2) is 61.1 Å². The molecule has 0 spiro atoms. The van der Waals surface area contributed by atoms with Crippen LogP contribution in [0.5, 0.6) is 0 Å². The van der Waals surface area contributed by atoms with Gasteiger partial charge in [0, 0.05) is 54.6 Å². The maximum atomic E-state index is 12.9. The van der Waals surface area contributed by atoms with Gasteiger partial charge in [-0.25, -0.2) is 4.98 Å². The number of fused-ring (bicyclic) bond motifs is 2. The Morgan fingerprint density at radius 2 is 1.88 bits per heavy atom. The molecule has 5 rings (SSSR count). The van der Waals surface area contributed by atoms with Crippen molar-refractivity contribution in [1.82, 2.24) is 19.3 Å². The predicted molar refractivity (Wildman–Crippen MR) is 130 cm³/mol.